The molecule has 1 aromatic rings. The number of nitrogen functional groups attached to an aromatic ring is 2. The Morgan fingerprint density at radius 2 is 2.22 bits per heavy atom. The molecule has 1 amide bonds. The summed E-state index contributed by atoms with van der Waals surface area (Å²) < 4.78 is 0. The van der Waals surface area contributed by atoms with Gasteiger partial charge in [0.05, 0.1) is 11.7 Å². The van der Waals surface area contributed by atoms with Gasteiger partial charge in [-0.3, -0.25) is 4.79 Å². The maximum absolute atomic E-state index is 12.3. The molecule has 5 N–H and O–H groups in total. The standard InChI is InChI=1S/C13H19N3O2/c1-8(17)9-4-5-16(7-9)13(18)11-3-2-10(14)6-12(11)15/h2-3,6,8-9,17H,4-5,7,14-15H2,1H3. The monoisotopic (exact) mass is 249 g/mol. The molecule has 1 fully saturated rings. The third-order valence-corrected chi connectivity index (χ3v) is 3.50. The van der Waals surface area contributed by atoms with Gasteiger partial charge >= 0.3 is 0 Å². The number of aliphatic hydroxyl groups excluding tert-OH is 1. The predicted octanol–water partition coefficient (Wildman–Crippen LogP) is 0.694. The number of hydrogen-bond donors (Lipinski definition) is 3. The minimum Gasteiger partial charge on any atom is -0.399 e. The number of nitrogens with two attached hydrogens (primary N) is 2. The summed E-state index contributed by atoms with van der Waals surface area (Å²) in [7, 11) is 0. The highest BCUT2D eigenvalue weighted by atomic mass is 16.3. The van der Waals surface area contributed by atoms with E-state index in [0.29, 0.717) is 30.0 Å². The molecule has 0 saturated carbocycles. The predicted molar refractivity (Wildman–Crippen MR) is 71.0 cm³/mol. The van der Waals surface area contributed by atoms with Crippen molar-refractivity contribution in [3.8, 4) is 0 Å². The average Bonchev–Trinajstić information content (AvgIpc) is 2.77. The Morgan fingerprint density at radius 1 is 1.50 bits per heavy atom. The molecule has 1 aromatic carbocycles. The quantitative estimate of drug-likeness (QED) is 0.672. The number of benzene rings is 1. The lowest BCUT2D eigenvalue weighted by Gasteiger charge is -2.18. The summed E-state index contributed by atoms with van der Waals surface area (Å²) in [6.07, 6.45) is 0.449. The van der Waals surface area contributed by atoms with Crippen molar-refractivity contribution in [3.05, 3.63) is 23.8 Å². The number of anilines is 2. The van der Waals surface area contributed by atoms with E-state index < -0.39 is 0 Å². The molecule has 0 aliphatic carbocycles. The zero-order valence-corrected chi connectivity index (χ0v) is 10.5. The Kier molecular flexibility index (Phi) is 3.43. The van der Waals surface area contributed by atoms with Gasteiger partial charge in [-0.15, -0.1) is 0 Å². The van der Waals surface area contributed by atoms with Gasteiger partial charge in [-0.2, -0.15) is 0 Å². The molecule has 0 aromatic heterocycles. The van der Waals surface area contributed by atoms with E-state index in [0.717, 1.165) is 6.42 Å². The first kappa shape index (κ1) is 12.7. The van der Waals surface area contributed by atoms with Crippen molar-refractivity contribution in [1.82, 2.24) is 4.90 Å². The van der Waals surface area contributed by atoms with Crippen LogP contribution in [-0.2, 0) is 0 Å². The van der Waals surface area contributed by atoms with E-state index in [-0.39, 0.29) is 17.9 Å². The fourth-order valence-electron chi connectivity index (χ4n) is 2.31. The molecule has 2 atom stereocenters. The van der Waals surface area contributed by atoms with Crippen LogP contribution in [0.1, 0.15) is 23.7 Å². The van der Waals surface area contributed by atoms with E-state index in [1.165, 1.54) is 0 Å². The van der Waals surface area contributed by atoms with Gasteiger partial charge in [-0.05, 0) is 31.5 Å². The lowest BCUT2D eigenvalue weighted by atomic mass is 10.0. The van der Waals surface area contributed by atoms with Crippen LogP contribution in [0.5, 0.6) is 0 Å². The Morgan fingerprint density at radius 3 is 2.78 bits per heavy atom. The molecule has 0 radical (unpaired) electrons. The smallest absolute Gasteiger partial charge is 0.255 e. The molecule has 1 heterocycles. The largest absolute Gasteiger partial charge is 0.399 e. The normalized spacial score (nSPS) is 21.0. The molecule has 1 aliphatic heterocycles. The Hall–Kier alpha value is -1.75. The minimum atomic E-state index is -0.383. The maximum Gasteiger partial charge on any atom is 0.255 e. The van der Waals surface area contributed by atoms with E-state index in [2.05, 4.69) is 0 Å². The first-order valence-electron chi connectivity index (χ1n) is 6.11. The number of carbonyl (C=O) groups excluding carboxylic acids is 1. The molecule has 0 bridgehead atoms. The molecule has 0 spiro atoms. The molecule has 5 heteroatoms. The van der Waals surface area contributed by atoms with Crippen LogP contribution in [0.4, 0.5) is 11.4 Å². The number of nitrogens with zero attached hydrogens (tertiary/aromatic N) is 1. The van der Waals surface area contributed by atoms with Gasteiger partial charge in [0.1, 0.15) is 0 Å². The Balaban J connectivity index is 2.13. The fourth-order valence-corrected chi connectivity index (χ4v) is 2.31. The van der Waals surface area contributed by atoms with Crippen molar-refractivity contribution < 1.29 is 9.90 Å². The van der Waals surface area contributed by atoms with Gasteiger partial charge < -0.3 is 21.5 Å². The highest BCUT2D eigenvalue weighted by Crippen LogP contribution is 2.24. The van der Waals surface area contributed by atoms with Gasteiger partial charge in [0.15, 0.2) is 0 Å². The molecule has 1 saturated heterocycles. The summed E-state index contributed by atoms with van der Waals surface area (Å²) in [5.41, 5.74) is 12.8. The number of carbonyl (C=O) groups is 1. The van der Waals surface area contributed by atoms with E-state index in [9.17, 15) is 9.90 Å². The number of hydrogen-bond acceptors (Lipinski definition) is 4. The van der Waals surface area contributed by atoms with Gasteiger partial charge in [-0.25, -0.2) is 0 Å². The van der Waals surface area contributed by atoms with E-state index in [4.69, 9.17) is 11.5 Å². The van der Waals surface area contributed by atoms with Crippen LogP contribution in [0.25, 0.3) is 0 Å². The van der Waals surface area contributed by atoms with Crippen LogP contribution >= 0.6 is 0 Å². The lowest BCUT2D eigenvalue weighted by molar-refractivity contribution is 0.0763. The Bertz CT molecular complexity index is 460. The molecule has 5 nitrogen and oxygen atoms in total. The van der Waals surface area contributed by atoms with Crippen LogP contribution in [0.2, 0.25) is 0 Å². The average molecular weight is 249 g/mol. The molecule has 1 aliphatic rings. The summed E-state index contributed by atoms with van der Waals surface area (Å²) in [6, 6.07) is 4.92. The second kappa shape index (κ2) is 4.86. The molecule has 2 unspecified atom stereocenters. The molecule has 98 valence electrons. The van der Waals surface area contributed by atoms with Gasteiger partial charge in [-0.1, -0.05) is 0 Å². The van der Waals surface area contributed by atoms with Crippen molar-refractivity contribution >= 4 is 17.3 Å². The Labute approximate surface area is 106 Å². The number of rotatable bonds is 2. The first-order valence-corrected chi connectivity index (χ1v) is 6.11. The second-order valence-corrected chi connectivity index (χ2v) is 4.89. The van der Waals surface area contributed by atoms with Gasteiger partial charge in [0.25, 0.3) is 5.91 Å². The zero-order valence-electron chi connectivity index (χ0n) is 10.5. The highest BCUT2D eigenvalue weighted by molar-refractivity contribution is 5.99. The van der Waals surface area contributed by atoms with Gasteiger partial charge in [0.2, 0.25) is 0 Å². The van der Waals surface area contributed by atoms with Crippen molar-refractivity contribution in [2.75, 3.05) is 24.6 Å². The zero-order chi connectivity index (χ0) is 13.3. The lowest BCUT2D eigenvalue weighted by Crippen LogP contribution is -2.30. The second-order valence-electron chi connectivity index (χ2n) is 4.89. The van der Waals surface area contributed by atoms with Crippen molar-refractivity contribution in [2.45, 2.75) is 19.4 Å². The summed E-state index contributed by atoms with van der Waals surface area (Å²) in [4.78, 5) is 14.0. The van der Waals surface area contributed by atoms with Gasteiger partial charge in [0, 0.05) is 30.4 Å². The summed E-state index contributed by atoms with van der Waals surface area (Å²) >= 11 is 0. The number of aliphatic hydroxyl groups is 1. The highest BCUT2D eigenvalue weighted by Gasteiger charge is 2.30. The summed E-state index contributed by atoms with van der Waals surface area (Å²) in [5, 5.41) is 9.53. The van der Waals surface area contributed by atoms with Crippen LogP contribution in [0, 0.1) is 5.92 Å². The topological polar surface area (TPSA) is 92.6 Å². The third-order valence-electron chi connectivity index (χ3n) is 3.50. The molecule has 2 rings (SSSR count). The molecule has 18 heavy (non-hydrogen) atoms. The van der Waals surface area contributed by atoms with Crippen molar-refractivity contribution in [1.29, 1.82) is 0 Å². The third kappa shape index (κ3) is 2.41. The minimum absolute atomic E-state index is 0.0874. The summed E-state index contributed by atoms with van der Waals surface area (Å²) in [6.45, 7) is 3.01. The first-order chi connectivity index (χ1) is 8.49. The number of likely N-dealkylation sites (tertiary alicyclic amines) is 1. The van der Waals surface area contributed by atoms with E-state index in [1.54, 1.807) is 30.0 Å². The van der Waals surface area contributed by atoms with Crippen molar-refractivity contribution in [3.63, 3.8) is 0 Å². The maximum atomic E-state index is 12.3. The van der Waals surface area contributed by atoms with Crippen molar-refractivity contribution in [2.24, 2.45) is 5.92 Å². The van der Waals surface area contributed by atoms with Crippen LogP contribution in [0.15, 0.2) is 18.2 Å². The van der Waals surface area contributed by atoms with Crippen LogP contribution < -0.4 is 11.5 Å². The fraction of sp³-hybridized carbons (Fsp3) is 0.462. The van der Waals surface area contributed by atoms with Crippen LogP contribution in [0.3, 0.4) is 0 Å². The summed E-state index contributed by atoms with van der Waals surface area (Å²) in [5.74, 6) is 0.0691. The molecular weight excluding hydrogens is 230 g/mol. The van der Waals surface area contributed by atoms with E-state index in [1.807, 2.05) is 0 Å². The van der Waals surface area contributed by atoms with Crippen LogP contribution in [-0.4, -0.2) is 35.1 Å². The number of amides is 1. The van der Waals surface area contributed by atoms with E-state index >= 15 is 0 Å². The molecular formula is C13H19N3O2. The SMILES string of the molecule is CC(O)C1CCN(C(=O)c2ccc(N)cc2N)C1.